The summed E-state index contributed by atoms with van der Waals surface area (Å²) in [6.45, 7) is 2.25. The Morgan fingerprint density at radius 3 is 2.64 bits per heavy atom. The molecule has 0 aliphatic carbocycles. The van der Waals surface area contributed by atoms with Gasteiger partial charge in [0.15, 0.2) is 11.5 Å². The third kappa shape index (κ3) is 3.97. The Hall–Kier alpha value is -2.56. The molecule has 22 heavy (non-hydrogen) atoms. The fraction of sp³-hybridized carbons (Fsp3) is 0.235. The van der Waals surface area contributed by atoms with E-state index in [2.05, 4.69) is 0 Å². The van der Waals surface area contributed by atoms with E-state index < -0.39 is 5.97 Å². The van der Waals surface area contributed by atoms with Gasteiger partial charge >= 0.3 is 5.97 Å². The number of halogens is 1. The van der Waals surface area contributed by atoms with Crippen LogP contribution in [-0.2, 0) is 11.3 Å². The minimum absolute atomic E-state index is 0.201. The quantitative estimate of drug-likeness (QED) is 0.765. The number of carbonyl (C=O) groups excluding carboxylic acids is 1. The lowest BCUT2D eigenvalue weighted by atomic mass is 10.2. The maximum absolute atomic E-state index is 13.1. The van der Waals surface area contributed by atoms with Crippen LogP contribution in [0.3, 0.4) is 0 Å². The van der Waals surface area contributed by atoms with Gasteiger partial charge < -0.3 is 14.2 Å². The molecule has 116 valence electrons. The molecule has 0 bridgehead atoms. The van der Waals surface area contributed by atoms with Crippen LogP contribution < -0.4 is 9.47 Å². The maximum atomic E-state index is 13.1. The van der Waals surface area contributed by atoms with Gasteiger partial charge in [-0.05, 0) is 42.8 Å². The fourth-order valence-corrected chi connectivity index (χ4v) is 1.92. The molecule has 2 rings (SSSR count). The van der Waals surface area contributed by atoms with E-state index in [1.165, 1.54) is 19.2 Å². The molecule has 0 fully saturated rings. The number of esters is 1. The van der Waals surface area contributed by atoms with Gasteiger partial charge in [0.2, 0.25) is 0 Å². The number of methoxy groups -OCH3 is 1. The molecule has 0 saturated heterocycles. The summed E-state index contributed by atoms with van der Waals surface area (Å²) in [5.41, 5.74) is 1.09. The maximum Gasteiger partial charge on any atom is 0.338 e. The van der Waals surface area contributed by atoms with E-state index in [9.17, 15) is 9.18 Å². The van der Waals surface area contributed by atoms with Crippen LogP contribution in [0.15, 0.2) is 42.5 Å². The lowest BCUT2D eigenvalue weighted by Gasteiger charge is -2.12. The first-order chi connectivity index (χ1) is 10.6. The van der Waals surface area contributed by atoms with E-state index in [0.717, 1.165) is 0 Å². The van der Waals surface area contributed by atoms with Crippen molar-refractivity contribution in [3.8, 4) is 11.5 Å². The summed E-state index contributed by atoms with van der Waals surface area (Å²) in [4.78, 5) is 11.7. The molecule has 0 amide bonds. The lowest BCUT2D eigenvalue weighted by Crippen LogP contribution is -2.05. The molecular weight excluding hydrogens is 287 g/mol. The highest BCUT2D eigenvalue weighted by Crippen LogP contribution is 2.29. The van der Waals surface area contributed by atoms with Crippen molar-refractivity contribution in [2.75, 3.05) is 13.7 Å². The number of benzene rings is 2. The molecule has 0 aromatic heterocycles. The average Bonchev–Trinajstić information content (AvgIpc) is 2.53. The predicted octanol–water partition coefficient (Wildman–Crippen LogP) is 3.59. The molecular formula is C17H17FO4. The van der Waals surface area contributed by atoms with E-state index in [-0.39, 0.29) is 12.4 Å². The second-order valence-corrected chi connectivity index (χ2v) is 4.50. The number of hydrogen-bond acceptors (Lipinski definition) is 4. The second-order valence-electron chi connectivity index (χ2n) is 4.50. The van der Waals surface area contributed by atoms with Gasteiger partial charge in [-0.15, -0.1) is 0 Å². The summed E-state index contributed by atoms with van der Waals surface area (Å²) in [7, 11) is 1.49. The molecule has 0 saturated carbocycles. The average molecular weight is 304 g/mol. The van der Waals surface area contributed by atoms with Crippen molar-refractivity contribution in [2.24, 2.45) is 0 Å². The van der Waals surface area contributed by atoms with Gasteiger partial charge in [-0.1, -0.05) is 12.1 Å². The Balaban J connectivity index is 2.12. The van der Waals surface area contributed by atoms with Gasteiger partial charge in [0, 0.05) is 0 Å². The van der Waals surface area contributed by atoms with Crippen molar-refractivity contribution >= 4 is 5.97 Å². The van der Waals surface area contributed by atoms with Gasteiger partial charge in [0.1, 0.15) is 12.4 Å². The molecule has 0 heterocycles. The molecule has 0 radical (unpaired) electrons. The predicted molar refractivity (Wildman–Crippen MR) is 79.7 cm³/mol. The van der Waals surface area contributed by atoms with E-state index in [1.807, 2.05) is 0 Å². The topological polar surface area (TPSA) is 44.8 Å². The van der Waals surface area contributed by atoms with Gasteiger partial charge in [-0.2, -0.15) is 0 Å². The first-order valence-electron chi connectivity index (χ1n) is 6.86. The van der Waals surface area contributed by atoms with Crippen molar-refractivity contribution in [3.05, 3.63) is 59.4 Å². The zero-order chi connectivity index (χ0) is 15.9. The molecule has 0 aliphatic heterocycles. The smallest absolute Gasteiger partial charge is 0.338 e. The first kappa shape index (κ1) is 15.8. The summed E-state index contributed by atoms with van der Waals surface area (Å²) in [6, 6.07) is 10.9. The molecule has 0 aliphatic rings. The normalized spacial score (nSPS) is 10.1. The van der Waals surface area contributed by atoms with E-state index in [1.54, 1.807) is 37.3 Å². The monoisotopic (exact) mass is 304 g/mol. The van der Waals surface area contributed by atoms with Crippen molar-refractivity contribution in [1.82, 2.24) is 0 Å². The second kappa shape index (κ2) is 7.45. The summed E-state index contributed by atoms with van der Waals surface area (Å²) in [5.74, 6) is 0.157. The summed E-state index contributed by atoms with van der Waals surface area (Å²) >= 11 is 0. The highest BCUT2D eigenvalue weighted by Gasteiger charge is 2.12. The van der Waals surface area contributed by atoms with Crippen LogP contribution in [-0.4, -0.2) is 19.7 Å². The van der Waals surface area contributed by atoms with Crippen molar-refractivity contribution in [2.45, 2.75) is 13.5 Å². The molecule has 2 aromatic rings. The van der Waals surface area contributed by atoms with Gasteiger partial charge in [0.25, 0.3) is 0 Å². The molecule has 5 heteroatoms. The molecule has 4 nitrogen and oxygen atoms in total. The molecule has 2 aromatic carbocycles. The Morgan fingerprint density at radius 2 is 1.95 bits per heavy atom. The van der Waals surface area contributed by atoms with Gasteiger partial charge in [-0.3, -0.25) is 0 Å². The van der Waals surface area contributed by atoms with E-state index >= 15 is 0 Å². The number of rotatable bonds is 6. The van der Waals surface area contributed by atoms with Gasteiger partial charge in [0.05, 0.1) is 19.3 Å². The third-order valence-corrected chi connectivity index (χ3v) is 2.96. The Labute approximate surface area is 128 Å². The van der Waals surface area contributed by atoms with E-state index in [0.29, 0.717) is 29.2 Å². The minimum atomic E-state index is -0.419. The van der Waals surface area contributed by atoms with Crippen LogP contribution in [0.1, 0.15) is 22.8 Å². The highest BCUT2D eigenvalue weighted by atomic mass is 19.1. The lowest BCUT2D eigenvalue weighted by molar-refractivity contribution is 0.0526. The number of hydrogen-bond donors (Lipinski definition) is 0. The zero-order valence-corrected chi connectivity index (χ0v) is 12.5. The molecule has 0 unspecified atom stereocenters. The largest absolute Gasteiger partial charge is 0.493 e. The summed E-state index contributed by atoms with van der Waals surface area (Å²) < 4.78 is 28.9. The van der Waals surface area contributed by atoms with Crippen LogP contribution >= 0.6 is 0 Å². The Kier molecular flexibility index (Phi) is 5.36. The highest BCUT2D eigenvalue weighted by molar-refractivity contribution is 5.90. The third-order valence-electron chi connectivity index (χ3n) is 2.96. The summed E-state index contributed by atoms with van der Waals surface area (Å²) in [5, 5.41) is 0. The van der Waals surface area contributed by atoms with Gasteiger partial charge in [-0.25, -0.2) is 9.18 Å². The van der Waals surface area contributed by atoms with Crippen LogP contribution in [0.4, 0.5) is 4.39 Å². The van der Waals surface area contributed by atoms with E-state index in [4.69, 9.17) is 14.2 Å². The first-order valence-corrected chi connectivity index (χ1v) is 6.86. The number of carbonyl (C=O) groups is 1. The van der Waals surface area contributed by atoms with Crippen LogP contribution in [0.2, 0.25) is 0 Å². The van der Waals surface area contributed by atoms with Crippen LogP contribution in [0.25, 0.3) is 0 Å². The van der Waals surface area contributed by atoms with Crippen molar-refractivity contribution in [3.63, 3.8) is 0 Å². The standard InChI is InChI=1S/C17H17FO4/c1-3-21-17(19)13-7-8-15(16(10-13)20-2)22-11-12-5-4-6-14(18)9-12/h4-10H,3,11H2,1-2H3. The molecule has 0 spiro atoms. The minimum Gasteiger partial charge on any atom is -0.493 e. The van der Waals surface area contributed by atoms with Crippen LogP contribution in [0.5, 0.6) is 11.5 Å². The fourth-order valence-electron chi connectivity index (χ4n) is 1.92. The Bertz CT molecular complexity index is 655. The van der Waals surface area contributed by atoms with Crippen LogP contribution in [0, 0.1) is 5.82 Å². The number of ether oxygens (including phenoxy) is 3. The summed E-state index contributed by atoms with van der Waals surface area (Å²) in [6.07, 6.45) is 0. The van der Waals surface area contributed by atoms with Crippen molar-refractivity contribution in [1.29, 1.82) is 0 Å². The Morgan fingerprint density at radius 1 is 1.14 bits per heavy atom. The molecule has 0 atom stereocenters. The SMILES string of the molecule is CCOC(=O)c1ccc(OCc2cccc(F)c2)c(OC)c1. The molecule has 0 N–H and O–H groups in total. The zero-order valence-electron chi connectivity index (χ0n) is 12.5. The van der Waals surface area contributed by atoms with Crippen molar-refractivity contribution < 1.29 is 23.4 Å².